The summed E-state index contributed by atoms with van der Waals surface area (Å²) in [4.78, 5) is 52.6. The Morgan fingerprint density at radius 2 is 1.47 bits per heavy atom. The summed E-state index contributed by atoms with van der Waals surface area (Å²) in [5.74, 6) is -3.35. The normalized spacial score (nSPS) is 17.9. The van der Waals surface area contributed by atoms with Crippen LogP contribution in [0.2, 0.25) is 0 Å². The van der Waals surface area contributed by atoms with Crippen molar-refractivity contribution in [2.24, 2.45) is 0 Å². The lowest BCUT2D eigenvalue weighted by atomic mass is 10.4. The molecule has 0 unspecified atom stereocenters. The summed E-state index contributed by atoms with van der Waals surface area (Å²) in [5.41, 5.74) is 0. The first-order valence-electron chi connectivity index (χ1n) is 5.13. The Kier molecular flexibility index (Phi) is 4.48. The number of aliphatic carboxylic acids is 1. The van der Waals surface area contributed by atoms with Gasteiger partial charge in [-0.3, -0.25) is 34.1 Å². The first-order chi connectivity index (χ1) is 8.82. The number of hydrogen-bond donors (Lipinski definition) is 2. The van der Waals surface area contributed by atoms with E-state index in [9.17, 15) is 24.0 Å². The lowest BCUT2D eigenvalue weighted by molar-refractivity contribution is -0.171. The zero-order chi connectivity index (χ0) is 14.6. The van der Waals surface area contributed by atoms with Crippen LogP contribution in [0, 0.1) is 0 Å². The van der Waals surface area contributed by atoms with Crippen LogP contribution in [-0.2, 0) is 24.0 Å². The molecule has 0 atom stereocenters. The minimum atomic E-state index is -1.20. The summed E-state index contributed by atoms with van der Waals surface area (Å²) in [6.45, 7) is -0.565. The van der Waals surface area contributed by atoms with E-state index in [2.05, 4.69) is 0 Å². The fourth-order valence-corrected chi connectivity index (χ4v) is 1.29. The van der Waals surface area contributed by atoms with Crippen molar-refractivity contribution >= 4 is 29.6 Å². The van der Waals surface area contributed by atoms with Crippen molar-refractivity contribution < 1.29 is 34.3 Å². The molecule has 9 heteroatoms. The van der Waals surface area contributed by atoms with Crippen LogP contribution in [0.4, 0.5) is 0 Å². The third-order valence-electron chi connectivity index (χ3n) is 2.22. The quantitative estimate of drug-likeness (QED) is 0.462. The van der Waals surface area contributed by atoms with Gasteiger partial charge in [0.15, 0.2) is 0 Å². The summed E-state index contributed by atoms with van der Waals surface area (Å²) in [6.07, 6.45) is 2.39. The average molecular weight is 270 g/mol. The Balaban J connectivity index is 0.000000200. The second-order valence-corrected chi connectivity index (χ2v) is 3.59. The van der Waals surface area contributed by atoms with Gasteiger partial charge in [-0.15, -0.1) is 0 Å². The van der Waals surface area contributed by atoms with E-state index in [1.165, 1.54) is 0 Å². The molecular formula is C10H10N2O7. The van der Waals surface area contributed by atoms with Gasteiger partial charge in [-0.05, 0) is 0 Å². The Bertz CT molecular complexity index is 448. The largest absolute Gasteiger partial charge is 0.480 e. The maximum atomic E-state index is 10.7. The number of hydroxylamine groups is 2. The molecule has 9 nitrogen and oxygen atoms in total. The first kappa shape index (κ1) is 14.5. The van der Waals surface area contributed by atoms with Crippen LogP contribution in [-0.4, -0.2) is 56.4 Å². The maximum Gasteiger partial charge on any atom is 0.323 e. The summed E-state index contributed by atoms with van der Waals surface area (Å²) < 4.78 is 0. The third kappa shape index (κ3) is 3.71. The molecule has 1 fully saturated rings. The van der Waals surface area contributed by atoms with E-state index in [4.69, 9.17) is 10.3 Å². The van der Waals surface area contributed by atoms with E-state index in [-0.39, 0.29) is 17.9 Å². The molecule has 2 rings (SSSR count). The highest BCUT2D eigenvalue weighted by atomic mass is 16.5. The number of amides is 4. The van der Waals surface area contributed by atoms with Crippen LogP contribution in [0.5, 0.6) is 0 Å². The molecule has 0 saturated carbocycles. The highest BCUT2D eigenvalue weighted by Gasteiger charge is 2.27. The van der Waals surface area contributed by atoms with E-state index < -0.39 is 36.1 Å². The zero-order valence-electron chi connectivity index (χ0n) is 9.61. The van der Waals surface area contributed by atoms with Gasteiger partial charge in [0, 0.05) is 25.0 Å². The minimum Gasteiger partial charge on any atom is -0.480 e. The van der Waals surface area contributed by atoms with Crippen molar-refractivity contribution in [2.45, 2.75) is 12.8 Å². The van der Waals surface area contributed by atoms with Gasteiger partial charge < -0.3 is 5.11 Å². The topological polar surface area (TPSA) is 132 Å². The molecule has 2 N–H and O–H groups in total. The van der Waals surface area contributed by atoms with Crippen LogP contribution < -0.4 is 0 Å². The lowest BCUT2D eigenvalue weighted by Crippen LogP contribution is -2.34. The number of carbonyl (C=O) groups excluding carboxylic acids is 4. The standard InChI is InChI=1S/C6H5NO4.C4H5NO3/c8-4-1-2-5(9)7(4)3-6(10)11;6-3-1-2-4(7)5(3)8/h1-2H,3H2,(H,10,11);8H,1-2H2. The highest BCUT2D eigenvalue weighted by molar-refractivity contribution is 6.14. The molecule has 0 aromatic carbocycles. The number of carboxylic acid groups (broad SMARTS) is 1. The molecule has 2 heterocycles. The van der Waals surface area contributed by atoms with Gasteiger partial charge in [-0.2, -0.15) is 5.06 Å². The van der Waals surface area contributed by atoms with Gasteiger partial charge in [0.1, 0.15) is 6.54 Å². The van der Waals surface area contributed by atoms with Crippen molar-refractivity contribution in [1.82, 2.24) is 9.96 Å². The Labute approximate surface area is 106 Å². The number of imide groups is 2. The van der Waals surface area contributed by atoms with Gasteiger partial charge in [0.05, 0.1) is 0 Å². The van der Waals surface area contributed by atoms with Crippen LogP contribution in [0.15, 0.2) is 12.2 Å². The molecule has 0 aliphatic carbocycles. The Morgan fingerprint density at radius 3 is 1.74 bits per heavy atom. The molecule has 2 aliphatic rings. The zero-order valence-corrected chi connectivity index (χ0v) is 9.61. The van der Waals surface area contributed by atoms with Gasteiger partial charge in [0.2, 0.25) is 0 Å². The minimum absolute atomic E-state index is 0.148. The molecule has 0 radical (unpaired) electrons. The van der Waals surface area contributed by atoms with Gasteiger partial charge in [-0.25, -0.2) is 0 Å². The lowest BCUT2D eigenvalue weighted by Gasteiger charge is -2.08. The fraction of sp³-hybridized carbons (Fsp3) is 0.300. The van der Waals surface area contributed by atoms with Crippen molar-refractivity contribution in [3.05, 3.63) is 12.2 Å². The number of carboxylic acids is 1. The van der Waals surface area contributed by atoms with E-state index in [0.29, 0.717) is 4.90 Å². The smallest absolute Gasteiger partial charge is 0.323 e. The van der Waals surface area contributed by atoms with E-state index in [1.807, 2.05) is 0 Å². The van der Waals surface area contributed by atoms with Gasteiger partial charge in [-0.1, -0.05) is 0 Å². The van der Waals surface area contributed by atoms with Crippen LogP contribution in [0.1, 0.15) is 12.8 Å². The molecule has 19 heavy (non-hydrogen) atoms. The monoisotopic (exact) mass is 270 g/mol. The molecule has 102 valence electrons. The number of nitrogens with zero attached hydrogens (tertiary/aromatic N) is 2. The van der Waals surface area contributed by atoms with Crippen LogP contribution in [0.3, 0.4) is 0 Å². The molecule has 4 amide bonds. The number of hydrogen-bond acceptors (Lipinski definition) is 6. The summed E-state index contributed by atoms with van der Waals surface area (Å²) in [7, 11) is 0. The van der Waals surface area contributed by atoms with Crippen molar-refractivity contribution in [3.8, 4) is 0 Å². The Morgan fingerprint density at radius 1 is 1.05 bits per heavy atom. The van der Waals surface area contributed by atoms with E-state index >= 15 is 0 Å². The molecule has 1 saturated heterocycles. The third-order valence-corrected chi connectivity index (χ3v) is 2.22. The maximum absolute atomic E-state index is 10.7. The van der Waals surface area contributed by atoms with Crippen LogP contribution in [0.25, 0.3) is 0 Å². The number of rotatable bonds is 2. The number of carbonyl (C=O) groups is 5. The molecule has 0 aromatic rings. The van der Waals surface area contributed by atoms with Crippen LogP contribution >= 0.6 is 0 Å². The molecular weight excluding hydrogens is 260 g/mol. The fourth-order valence-electron chi connectivity index (χ4n) is 1.29. The van der Waals surface area contributed by atoms with Gasteiger partial charge >= 0.3 is 5.97 Å². The van der Waals surface area contributed by atoms with Crippen molar-refractivity contribution in [3.63, 3.8) is 0 Å². The SMILES string of the molecule is O=C(O)CN1C(=O)C=CC1=O.O=C1CCC(=O)N1O. The molecule has 2 aliphatic heterocycles. The molecule has 0 bridgehead atoms. The van der Waals surface area contributed by atoms with Gasteiger partial charge in [0.25, 0.3) is 23.6 Å². The molecule has 0 spiro atoms. The predicted octanol–water partition coefficient (Wildman–Crippen LogP) is -1.48. The van der Waals surface area contributed by atoms with E-state index in [1.54, 1.807) is 0 Å². The second-order valence-electron chi connectivity index (χ2n) is 3.59. The summed E-state index contributed by atoms with van der Waals surface area (Å²) in [6, 6.07) is 0. The summed E-state index contributed by atoms with van der Waals surface area (Å²) >= 11 is 0. The van der Waals surface area contributed by atoms with Crippen molar-refractivity contribution in [2.75, 3.05) is 6.54 Å². The van der Waals surface area contributed by atoms with Crippen molar-refractivity contribution in [1.29, 1.82) is 0 Å². The second kappa shape index (κ2) is 5.87. The highest BCUT2D eigenvalue weighted by Crippen LogP contribution is 2.07. The average Bonchev–Trinajstić information content (AvgIpc) is 2.80. The Hall–Kier alpha value is -2.55. The first-order valence-corrected chi connectivity index (χ1v) is 5.13. The molecule has 0 aromatic heterocycles. The predicted molar refractivity (Wildman–Crippen MR) is 56.4 cm³/mol. The van der Waals surface area contributed by atoms with E-state index in [0.717, 1.165) is 12.2 Å². The summed E-state index contributed by atoms with van der Waals surface area (Å²) in [5, 5.41) is 16.8.